The van der Waals surface area contributed by atoms with Gasteiger partial charge in [0, 0.05) is 18.1 Å². The summed E-state index contributed by atoms with van der Waals surface area (Å²) in [6, 6.07) is 11.3. The first kappa shape index (κ1) is 15.0. The molecule has 2 aromatic carbocycles. The fraction of sp³-hybridized carbons (Fsp3) is 0.235. The third kappa shape index (κ3) is 3.48. The smallest absolute Gasteiger partial charge is 0.255 e. The lowest BCUT2D eigenvalue weighted by atomic mass is 10.0. The highest BCUT2D eigenvalue weighted by Crippen LogP contribution is 2.39. The minimum atomic E-state index is -0.530. The molecule has 6 nitrogen and oxygen atoms in total. The van der Waals surface area contributed by atoms with Gasteiger partial charge >= 0.3 is 0 Å². The van der Waals surface area contributed by atoms with E-state index in [-0.39, 0.29) is 13.4 Å². The number of fused-ring (bicyclic) bond motifs is 1. The van der Waals surface area contributed by atoms with E-state index >= 15 is 0 Å². The number of benzene rings is 2. The molecule has 3 rings (SSSR count). The summed E-state index contributed by atoms with van der Waals surface area (Å²) in [5.74, 6) is 2.09. The van der Waals surface area contributed by atoms with Gasteiger partial charge in [0.05, 0.1) is 7.11 Å². The van der Waals surface area contributed by atoms with E-state index < -0.39 is 5.91 Å². The molecule has 0 radical (unpaired) electrons. The lowest BCUT2D eigenvalue weighted by Crippen LogP contribution is -2.20. The number of hydrogen-bond donors (Lipinski definition) is 1. The summed E-state index contributed by atoms with van der Waals surface area (Å²) in [6.07, 6.45) is 0.620. The quantitative estimate of drug-likeness (QED) is 0.880. The topological polar surface area (TPSA) is 80.0 Å². The van der Waals surface area contributed by atoms with Crippen LogP contribution in [0.5, 0.6) is 23.0 Å². The molecule has 0 aliphatic carbocycles. The molecule has 1 amide bonds. The molecule has 23 heavy (non-hydrogen) atoms. The van der Waals surface area contributed by atoms with E-state index in [2.05, 4.69) is 0 Å². The normalized spacial score (nSPS) is 12.0. The molecule has 0 aromatic heterocycles. The SMILES string of the molecule is COc1ccc(Cc2cc3c(cc2OCC(N)=O)OCO3)cc1. The molecule has 0 spiro atoms. The van der Waals surface area contributed by atoms with Gasteiger partial charge in [-0.05, 0) is 23.8 Å². The van der Waals surface area contributed by atoms with Crippen LogP contribution in [-0.2, 0) is 11.2 Å². The van der Waals surface area contributed by atoms with E-state index in [1.165, 1.54) is 0 Å². The van der Waals surface area contributed by atoms with Crippen LogP contribution < -0.4 is 24.7 Å². The van der Waals surface area contributed by atoms with Crippen molar-refractivity contribution in [3.05, 3.63) is 47.5 Å². The van der Waals surface area contributed by atoms with Crippen molar-refractivity contribution in [2.24, 2.45) is 5.73 Å². The summed E-state index contributed by atoms with van der Waals surface area (Å²) < 4.78 is 21.4. The zero-order chi connectivity index (χ0) is 16.2. The largest absolute Gasteiger partial charge is 0.497 e. The molecule has 6 heteroatoms. The van der Waals surface area contributed by atoms with E-state index in [1.807, 2.05) is 30.3 Å². The number of rotatable bonds is 6. The van der Waals surface area contributed by atoms with Crippen LogP contribution in [-0.4, -0.2) is 26.4 Å². The van der Waals surface area contributed by atoms with E-state index in [1.54, 1.807) is 13.2 Å². The fourth-order valence-corrected chi connectivity index (χ4v) is 2.35. The molecule has 0 bridgehead atoms. The highest BCUT2D eigenvalue weighted by atomic mass is 16.7. The van der Waals surface area contributed by atoms with Crippen LogP contribution in [0.25, 0.3) is 0 Å². The second kappa shape index (κ2) is 6.48. The average Bonchev–Trinajstić information content (AvgIpc) is 3.00. The Balaban J connectivity index is 1.87. The third-order valence-corrected chi connectivity index (χ3v) is 3.48. The van der Waals surface area contributed by atoms with Gasteiger partial charge in [-0.25, -0.2) is 0 Å². The minimum absolute atomic E-state index is 0.177. The summed E-state index contributed by atoms with van der Waals surface area (Å²) in [4.78, 5) is 11.0. The Hall–Kier alpha value is -2.89. The minimum Gasteiger partial charge on any atom is -0.497 e. The fourth-order valence-electron chi connectivity index (χ4n) is 2.35. The van der Waals surface area contributed by atoms with Crippen LogP contribution >= 0.6 is 0 Å². The van der Waals surface area contributed by atoms with Crippen molar-refractivity contribution < 1.29 is 23.7 Å². The number of amides is 1. The molecule has 0 unspecified atom stereocenters. The Kier molecular flexibility index (Phi) is 4.23. The Morgan fingerprint density at radius 1 is 1.17 bits per heavy atom. The average molecular weight is 315 g/mol. The number of hydrogen-bond acceptors (Lipinski definition) is 5. The molecule has 1 heterocycles. The van der Waals surface area contributed by atoms with E-state index in [9.17, 15) is 4.79 Å². The van der Waals surface area contributed by atoms with Gasteiger partial charge in [-0.2, -0.15) is 0 Å². The van der Waals surface area contributed by atoms with E-state index in [0.29, 0.717) is 23.7 Å². The van der Waals surface area contributed by atoms with Gasteiger partial charge in [-0.15, -0.1) is 0 Å². The van der Waals surface area contributed by atoms with Crippen molar-refractivity contribution in [2.45, 2.75) is 6.42 Å². The standard InChI is InChI=1S/C17H17NO5/c1-20-13-4-2-11(3-5-13)6-12-7-15-16(23-10-22-15)8-14(12)21-9-17(18)19/h2-5,7-8H,6,9-10H2,1H3,(H2,18,19). The van der Waals surface area contributed by atoms with Gasteiger partial charge in [-0.1, -0.05) is 12.1 Å². The third-order valence-electron chi connectivity index (χ3n) is 3.48. The highest BCUT2D eigenvalue weighted by Gasteiger charge is 2.18. The molecule has 0 atom stereocenters. The zero-order valence-electron chi connectivity index (χ0n) is 12.7. The van der Waals surface area contributed by atoms with Crippen molar-refractivity contribution in [3.8, 4) is 23.0 Å². The molecular weight excluding hydrogens is 298 g/mol. The summed E-state index contributed by atoms with van der Waals surface area (Å²) in [5, 5.41) is 0. The summed E-state index contributed by atoms with van der Waals surface area (Å²) in [7, 11) is 1.63. The van der Waals surface area contributed by atoms with Crippen molar-refractivity contribution in [1.82, 2.24) is 0 Å². The van der Waals surface area contributed by atoms with E-state index in [4.69, 9.17) is 24.7 Å². The highest BCUT2D eigenvalue weighted by molar-refractivity contribution is 5.75. The number of carbonyl (C=O) groups is 1. The number of nitrogens with two attached hydrogens (primary N) is 1. The Morgan fingerprint density at radius 3 is 2.52 bits per heavy atom. The van der Waals surface area contributed by atoms with Crippen LogP contribution in [0.2, 0.25) is 0 Å². The van der Waals surface area contributed by atoms with Gasteiger partial charge in [0.2, 0.25) is 6.79 Å². The molecule has 1 aliphatic rings. The molecule has 2 aromatic rings. The van der Waals surface area contributed by atoms with E-state index in [0.717, 1.165) is 16.9 Å². The van der Waals surface area contributed by atoms with Crippen LogP contribution in [0.3, 0.4) is 0 Å². The van der Waals surface area contributed by atoms with Crippen LogP contribution in [0, 0.1) is 0 Å². The lowest BCUT2D eigenvalue weighted by Gasteiger charge is -2.12. The van der Waals surface area contributed by atoms with Gasteiger partial charge in [-0.3, -0.25) is 4.79 Å². The first-order valence-corrected chi connectivity index (χ1v) is 7.12. The van der Waals surface area contributed by atoms with Crippen LogP contribution in [0.4, 0.5) is 0 Å². The second-order valence-electron chi connectivity index (χ2n) is 5.09. The first-order valence-electron chi connectivity index (χ1n) is 7.12. The lowest BCUT2D eigenvalue weighted by molar-refractivity contribution is -0.119. The summed E-state index contributed by atoms with van der Waals surface area (Å²) >= 11 is 0. The maximum atomic E-state index is 11.0. The molecule has 120 valence electrons. The molecule has 1 aliphatic heterocycles. The predicted octanol–water partition coefficient (Wildman–Crippen LogP) is 1.88. The van der Waals surface area contributed by atoms with Crippen LogP contribution in [0.15, 0.2) is 36.4 Å². The monoisotopic (exact) mass is 315 g/mol. The van der Waals surface area contributed by atoms with Crippen molar-refractivity contribution in [2.75, 3.05) is 20.5 Å². The first-order chi connectivity index (χ1) is 11.2. The number of carbonyl (C=O) groups excluding carboxylic acids is 1. The van der Waals surface area contributed by atoms with Crippen LogP contribution in [0.1, 0.15) is 11.1 Å². The van der Waals surface area contributed by atoms with Gasteiger partial charge in [0.1, 0.15) is 11.5 Å². The molecule has 2 N–H and O–H groups in total. The maximum Gasteiger partial charge on any atom is 0.255 e. The summed E-state index contributed by atoms with van der Waals surface area (Å²) in [6.45, 7) is -0.00810. The van der Waals surface area contributed by atoms with Gasteiger partial charge in [0.25, 0.3) is 5.91 Å². The van der Waals surface area contributed by atoms with Crippen molar-refractivity contribution in [1.29, 1.82) is 0 Å². The molecular formula is C17H17NO5. The number of methoxy groups -OCH3 is 1. The molecule has 0 saturated carbocycles. The van der Waals surface area contributed by atoms with Gasteiger partial charge < -0.3 is 24.7 Å². The predicted molar refractivity (Wildman–Crippen MR) is 83.1 cm³/mol. The number of ether oxygens (including phenoxy) is 4. The van der Waals surface area contributed by atoms with Gasteiger partial charge in [0.15, 0.2) is 18.1 Å². The Morgan fingerprint density at radius 2 is 1.87 bits per heavy atom. The van der Waals surface area contributed by atoms with Crippen molar-refractivity contribution >= 4 is 5.91 Å². The molecule has 0 fully saturated rings. The number of primary amides is 1. The zero-order valence-corrected chi connectivity index (χ0v) is 12.7. The Bertz CT molecular complexity index is 712. The summed E-state index contributed by atoms with van der Waals surface area (Å²) in [5.41, 5.74) is 7.12. The second-order valence-corrected chi connectivity index (χ2v) is 5.09. The van der Waals surface area contributed by atoms with Crippen molar-refractivity contribution in [3.63, 3.8) is 0 Å². The molecule has 0 saturated heterocycles. The maximum absolute atomic E-state index is 11.0. The Labute approximate surface area is 133 Å².